The minimum absolute atomic E-state index is 0.0782. The molecule has 0 spiro atoms. The van der Waals surface area contributed by atoms with E-state index in [9.17, 15) is 4.79 Å². The quantitative estimate of drug-likeness (QED) is 0.414. The van der Waals surface area contributed by atoms with Crippen LogP contribution in [0.15, 0.2) is 11.3 Å². The highest BCUT2D eigenvalue weighted by Gasteiger charge is 2.33. The lowest BCUT2D eigenvalue weighted by Gasteiger charge is -2.11. The predicted molar refractivity (Wildman–Crippen MR) is 72.5 cm³/mol. The highest BCUT2D eigenvalue weighted by molar-refractivity contribution is 7.80. The van der Waals surface area contributed by atoms with Crippen LogP contribution in [0.1, 0.15) is 52.9 Å². The van der Waals surface area contributed by atoms with Crippen LogP contribution in [-0.2, 0) is 9.53 Å². The molecule has 0 aromatic heterocycles. The summed E-state index contributed by atoms with van der Waals surface area (Å²) in [6.07, 6.45) is 5.84. The molecule has 96 valence electrons. The standard InChI is InChI=1S/C13H21NO2S/c1-4-5-6-7-8-9-14-12(15)11(10(2)3)16-13(14)17/h4-9H2,1-3H3. The molecule has 1 saturated heterocycles. The summed E-state index contributed by atoms with van der Waals surface area (Å²) in [5.41, 5.74) is 0.880. The number of hydrogen-bond acceptors (Lipinski definition) is 3. The number of carbonyl (C=O) groups is 1. The van der Waals surface area contributed by atoms with E-state index >= 15 is 0 Å². The van der Waals surface area contributed by atoms with Gasteiger partial charge in [0.05, 0.1) is 0 Å². The lowest BCUT2D eigenvalue weighted by atomic mass is 10.1. The maximum absolute atomic E-state index is 11.9. The fraction of sp³-hybridized carbons (Fsp3) is 0.692. The van der Waals surface area contributed by atoms with E-state index in [2.05, 4.69) is 6.92 Å². The Morgan fingerprint density at radius 1 is 1.24 bits per heavy atom. The van der Waals surface area contributed by atoms with Crippen molar-refractivity contribution in [3.05, 3.63) is 11.3 Å². The van der Waals surface area contributed by atoms with Crippen molar-refractivity contribution in [2.45, 2.75) is 52.9 Å². The topological polar surface area (TPSA) is 29.5 Å². The number of allylic oxidation sites excluding steroid dienone is 1. The Kier molecular flexibility index (Phi) is 5.62. The van der Waals surface area contributed by atoms with E-state index in [0.717, 1.165) is 18.4 Å². The van der Waals surface area contributed by atoms with Crippen LogP contribution in [0.4, 0.5) is 0 Å². The molecule has 0 bridgehead atoms. The third-order valence-corrected chi connectivity index (χ3v) is 3.09. The first kappa shape index (κ1) is 14.2. The minimum Gasteiger partial charge on any atom is -0.426 e. The zero-order chi connectivity index (χ0) is 12.8. The number of unbranched alkanes of at least 4 members (excludes halogenated alkanes) is 4. The molecular formula is C13H21NO2S. The molecule has 0 unspecified atom stereocenters. The van der Waals surface area contributed by atoms with Gasteiger partial charge >= 0.3 is 0 Å². The number of amides is 1. The molecule has 0 atom stereocenters. The molecule has 1 amide bonds. The summed E-state index contributed by atoms with van der Waals surface area (Å²) in [7, 11) is 0. The van der Waals surface area contributed by atoms with E-state index < -0.39 is 0 Å². The summed E-state index contributed by atoms with van der Waals surface area (Å²) in [4.78, 5) is 13.5. The van der Waals surface area contributed by atoms with E-state index in [-0.39, 0.29) is 5.91 Å². The SMILES string of the molecule is CCCCCCCN1C(=O)C(=C(C)C)OC1=S. The summed E-state index contributed by atoms with van der Waals surface area (Å²) in [6, 6.07) is 0. The molecule has 17 heavy (non-hydrogen) atoms. The molecule has 0 aromatic rings. The Balaban J connectivity index is 2.42. The second kappa shape index (κ2) is 6.74. The molecule has 1 aliphatic heterocycles. The maximum Gasteiger partial charge on any atom is 0.297 e. The Morgan fingerprint density at radius 3 is 2.41 bits per heavy atom. The molecule has 1 aliphatic rings. The van der Waals surface area contributed by atoms with Gasteiger partial charge in [-0.05, 0) is 38.1 Å². The number of ether oxygens (including phenoxy) is 1. The molecule has 3 nitrogen and oxygen atoms in total. The van der Waals surface area contributed by atoms with Crippen molar-refractivity contribution >= 4 is 23.3 Å². The van der Waals surface area contributed by atoms with Gasteiger partial charge in [0, 0.05) is 6.54 Å². The van der Waals surface area contributed by atoms with E-state index in [1.807, 2.05) is 13.8 Å². The average molecular weight is 255 g/mol. The van der Waals surface area contributed by atoms with Gasteiger partial charge < -0.3 is 4.74 Å². The van der Waals surface area contributed by atoms with Crippen molar-refractivity contribution in [3.8, 4) is 0 Å². The molecule has 1 rings (SSSR count). The average Bonchev–Trinajstić information content (AvgIpc) is 2.56. The van der Waals surface area contributed by atoms with Gasteiger partial charge in [0.2, 0.25) is 0 Å². The number of carbonyl (C=O) groups excluding carboxylic acids is 1. The van der Waals surface area contributed by atoms with Crippen LogP contribution in [0.25, 0.3) is 0 Å². The second-order valence-electron chi connectivity index (χ2n) is 4.57. The first-order chi connectivity index (χ1) is 8.07. The normalized spacial score (nSPS) is 15.5. The molecule has 0 N–H and O–H groups in total. The van der Waals surface area contributed by atoms with Gasteiger partial charge in [0.25, 0.3) is 11.1 Å². The second-order valence-corrected chi connectivity index (χ2v) is 4.92. The third kappa shape index (κ3) is 3.80. The van der Waals surface area contributed by atoms with Gasteiger partial charge in [-0.15, -0.1) is 0 Å². The molecule has 0 radical (unpaired) electrons. The van der Waals surface area contributed by atoms with Gasteiger partial charge in [0.15, 0.2) is 5.76 Å². The monoisotopic (exact) mass is 255 g/mol. The van der Waals surface area contributed by atoms with Gasteiger partial charge in [-0.25, -0.2) is 0 Å². The Bertz CT molecular complexity index is 332. The molecule has 0 saturated carbocycles. The summed E-state index contributed by atoms with van der Waals surface area (Å²) in [6.45, 7) is 6.59. The molecular weight excluding hydrogens is 234 g/mol. The molecule has 1 fully saturated rings. The zero-order valence-corrected chi connectivity index (χ0v) is 11.7. The van der Waals surface area contributed by atoms with Crippen LogP contribution in [-0.4, -0.2) is 22.5 Å². The Hall–Kier alpha value is -0.900. The van der Waals surface area contributed by atoms with Crippen LogP contribution < -0.4 is 0 Å². The van der Waals surface area contributed by atoms with Crippen LogP contribution in [0.5, 0.6) is 0 Å². The van der Waals surface area contributed by atoms with Gasteiger partial charge in [-0.3, -0.25) is 9.69 Å². The van der Waals surface area contributed by atoms with Crippen LogP contribution in [0, 0.1) is 0 Å². The minimum atomic E-state index is -0.0782. The summed E-state index contributed by atoms with van der Waals surface area (Å²) in [5, 5.41) is 0.307. The van der Waals surface area contributed by atoms with Gasteiger partial charge in [-0.1, -0.05) is 32.6 Å². The summed E-state index contributed by atoms with van der Waals surface area (Å²) in [5.74, 6) is 0.328. The molecule has 4 heteroatoms. The van der Waals surface area contributed by atoms with E-state index in [1.54, 1.807) is 4.90 Å². The lowest BCUT2D eigenvalue weighted by Crippen LogP contribution is -2.29. The molecule has 1 heterocycles. The van der Waals surface area contributed by atoms with Crippen LogP contribution in [0.3, 0.4) is 0 Å². The largest absolute Gasteiger partial charge is 0.426 e. The Morgan fingerprint density at radius 2 is 1.88 bits per heavy atom. The molecule has 0 aromatic carbocycles. The molecule has 0 aliphatic carbocycles. The van der Waals surface area contributed by atoms with E-state index in [1.165, 1.54) is 19.3 Å². The number of nitrogens with zero attached hydrogens (tertiary/aromatic N) is 1. The smallest absolute Gasteiger partial charge is 0.297 e. The summed E-state index contributed by atoms with van der Waals surface area (Å²) >= 11 is 5.06. The maximum atomic E-state index is 11.9. The van der Waals surface area contributed by atoms with Crippen molar-refractivity contribution in [1.29, 1.82) is 0 Å². The van der Waals surface area contributed by atoms with E-state index in [4.69, 9.17) is 17.0 Å². The van der Waals surface area contributed by atoms with Crippen LogP contribution >= 0.6 is 12.2 Å². The third-order valence-electron chi connectivity index (χ3n) is 2.79. The van der Waals surface area contributed by atoms with Crippen LogP contribution in [0.2, 0.25) is 0 Å². The lowest BCUT2D eigenvalue weighted by molar-refractivity contribution is -0.123. The zero-order valence-electron chi connectivity index (χ0n) is 10.9. The van der Waals surface area contributed by atoms with Gasteiger partial charge in [-0.2, -0.15) is 0 Å². The number of rotatable bonds is 6. The summed E-state index contributed by atoms with van der Waals surface area (Å²) < 4.78 is 5.31. The van der Waals surface area contributed by atoms with Crippen molar-refractivity contribution in [2.75, 3.05) is 6.54 Å². The highest BCUT2D eigenvalue weighted by Crippen LogP contribution is 2.20. The Labute approximate surface area is 109 Å². The predicted octanol–water partition coefficient (Wildman–Crippen LogP) is 3.39. The fourth-order valence-corrected chi connectivity index (χ4v) is 2.03. The highest BCUT2D eigenvalue weighted by atomic mass is 32.1. The number of thiocarbonyl (C=S) groups is 1. The first-order valence-electron chi connectivity index (χ1n) is 6.29. The van der Waals surface area contributed by atoms with Crippen molar-refractivity contribution in [1.82, 2.24) is 4.90 Å². The fourth-order valence-electron chi connectivity index (χ4n) is 1.77. The van der Waals surface area contributed by atoms with Crippen molar-refractivity contribution in [3.63, 3.8) is 0 Å². The van der Waals surface area contributed by atoms with E-state index in [0.29, 0.717) is 17.5 Å². The number of hydrogen-bond donors (Lipinski definition) is 0. The van der Waals surface area contributed by atoms with Crippen molar-refractivity contribution < 1.29 is 9.53 Å². The first-order valence-corrected chi connectivity index (χ1v) is 6.70. The van der Waals surface area contributed by atoms with Crippen molar-refractivity contribution in [2.24, 2.45) is 0 Å². The van der Waals surface area contributed by atoms with Gasteiger partial charge in [0.1, 0.15) is 0 Å².